The number of carbonyl (C=O) groups excluding carboxylic acids is 4. The summed E-state index contributed by atoms with van der Waals surface area (Å²) >= 11 is 0. The number of benzene rings is 1. The SMILES string of the molecule is NC(=O)CC[C@H](NC(=O)[C@H](CC(=O)O)NC(=O)[C@H](Cc1ccccc1)NC(=O)[C@@H](N)CC(=O)O)C(=O)O. The molecule has 4 amide bonds. The third-order valence-electron chi connectivity index (χ3n) is 4.95. The summed E-state index contributed by atoms with van der Waals surface area (Å²) in [5, 5.41) is 33.8. The third-order valence-corrected chi connectivity index (χ3v) is 4.95. The van der Waals surface area contributed by atoms with Gasteiger partial charge in [0.2, 0.25) is 23.6 Å². The molecule has 0 aromatic heterocycles. The first-order valence-corrected chi connectivity index (χ1v) is 11.0. The number of nitrogens with two attached hydrogens (primary N) is 2. The minimum atomic E-state index is -1.76. The van der Waals surface area contributed by atoms with E-state index < -0.39 is 78.5 Å². The zero-order valence-electron chi connectivity index (χ0n) is 19.6. The first-order chi connectivity index (χ1) is 17.3. The quantitative estimate of drug-likeness (QED) is 0.110. The van der Waals surface area contributed by atoms with Crippen LogP contribution in [0, 0.1) is 0 Å². The van der Waals surface area contributed by atoms with Crippen LogP contribution in [0.2, 0.25) is 0 Å². The van der Waals surface area contributed by atoms with Gasteiger partial charge >= 0.3 is 17.9 Å². The van der Waals surface area contributed by atoms with Gasteiger partial charge in [0.15, 0.2) is 0 Å². The predicted octanol–water partition coefficient (Wildman–Crippen LogP) is -2.69. The maximum Gasteiger partial charge on any atom is 0.326 e. The van der Waals surface area contributed by atoms with Gasteiger partial charge < -0.3 is 42.7 Å². The van der Waals surface area contributed by atoms with Crippen LogP contribution in [-0.4, -0.2) is 81.0 Å². The van der Waals surface area contributed by atoms with Crippen molar-refractivity contribution in [2.75, 3.05) is 0 Å². The Hall–Kier alpha value is -4.53. The zero-order chi connectivity index (χ0) is 28.1. The fourth-order valence-corrected chi connectivity index (χ4v) is 3.09. The van der Waals surface area contributed by atoms with Crippen molar-refractivity contribution in [3.05, 3.63) is 35.9 Å². The molecule has 1 aromatic rings. The molecule has 15 heteroatoms. The number of hydrogen-bond donors (Lipinski definition) is 8. The van der Waals surface area contributed by atoms with Crippen LogP contribution in [0.4, 0.5) is 0 Å². The van der Waals surface area contributed by atoms with E-state index in [1.807, 2.05) is 0 Å². The molecule has 1 rings (SSSR count). The summed E-state index contributed by atoms with van der Waals surface area (Å²) in [6.45, 7) is 0. The highest BCUT2D eigenvalue weighted by Crippen LogP contribution is 2.06. The molecule has 0 spiro atoms. The average molecular weight is 523 g/mol. The second kappa shape index (κ2) is 14.8. The van der Waals surface area contributed by atoms with Crippen molar-refractivity contribution >= 4 is 41.5 Å². The van der Waals surface area contributed by atoms with Gasteiger partial charge in [0.05, 0.1) is 18.9 Å². The molecule has 0 saturated carbocycles. The van der Waals surface area contributed by atoms with Crippen molar-refractivity contribution in [3.63, 3.8) is 0 Å². The molecule has 0 radical (unpaired) electrons. The average Bonchev–Trinajstić information content (AvgIpc) is 2.80. The van der Waals surface area contributed by atoms with Gasteiger partial charge in [-0.1, -0.05) is 30.3 Å². The summed E-state index contributed by atoms with van der Waals surface area (Å²) in [4.78, 5) is 82.6. The number of carboxylic acid groups (broad SMARTS) is 3. The molecule has 0 fully saturated rings. The van der Waals surface area contributed by atoms with E-state index in [4.69, 9.17) is 16.6 Å². The van der Waals surface area contributed by atoms with Crippen LogP contribution < -0.4 is 27.4 Å². The highest BCUT2D eigenvalue weighted by molar-refractivity contribution is 5.96. The maximum absolute atomic E-state index is 13.0. The Morgan fingerprint density at radius 3 is 1.76 bits per heavy atom. The third kappa shape index (κ3) is 11.6. The monoisotopic (exact) mass is 523 g/mol. The fraction of sp³-hybridized carbons (Fsp3) is 0.409. The molecule has 0 heterocycles. The summed E-state index contributed by atoms with van der Waals surface area (Å²) in [5.41, 5.74) is 11.1. The van der Waals surface area contributed by atoms with E-state index >= 15 is 0 Å². The second-order valence-electron chi connectivity index (χ2n) is 8.02. The van der Waals surface area contributed by atoms with Crippen molar-refractivity contribution in [2.45, 2.75) is 56.3 Å². The highest BCUT2D eigenvalue weighted by atomic mass is 16.4. The van der Waals surface area contributed by atoms with E-state index in [2.05, 4.69) is 16.0 Å². The Balaban J connectivity index is 3.11. The van der Waals surface area contributed by atoms with E-state index in [1.165, 1.54) is 0 Å². The van der Waals surface area contributed by atoms with Gasteiger partial charge in [-0.25, -0.2) is 4.79 Å². The van der Waals surface area contributed by atoms with Gasteiger partial charge in [-0.05, 0) is 12.0 Å². The predicted molar refractivity (Wildman–Crippen MR) is 124 cm³/mol. The van der Waals surface area contributed by atoms with E-state index in [9.17, 15) is 43.8 Å². The van der Waals surface area contributed by atoms with Crippen molar-refractivity contribution in [1.29, 1.82) is 0 Å². The van der Waals surface area contributed by atoms with Crippen molar-refractivity contribution < 1.29 is 48.9 Å². The molecule has 10 N–H and O–H groups in total. The molecular formula is C22H29N5O10. The van der Waals surface area contributed by atoms with E-state index in [0.717, 1.165) is 0 Å². The molecule has 0 aliphatic rings. The second-order valence-corrected chi connectivity index (χ2v) is 8.02. The van der Waals surface area contributed by atoms with E-state index in [0.29, 0.717) is 5.56 Å². The minimum absolute atomic E-state index is 0.129. The lowest BCUT2D eigenvalue weighted by Gasteiger charge is -2.24. The van der Waals surface area contributed by atoms with Gasteiger partial charge in [-0.15, -0.1) is 0 Å². The van der Waals surface area contributed by atoms with Crippen LogP contribution in [0.15, 0.2) is 30.3 Å². The number of carbonyl (C=O) groups is 7. The summed E-state index contributed by atoms with van der Waals surface area (Å²) in [7, 11) is 0. The van der Waals surface area contributed by atoms with Crippen LogP contribution in [0.3, 0.4) is 0 Å². The number of rotatable bonds is 16. The van der Waals surface area contributed by atoms with Gasteiger partial charge in [0.25, 0.3) is 0 Å². The zero-order valence-corrected chi connectivity index (χ0v) is 19.6. The molecule has 4 atom stereocenters. The number of nitrogens with one attached hydrogen (secondary N) is 3. The smallest absolute Gasteiger partial charge is 0.326 e. The summed E-state index contributed by atoms with van der Waals surface area (Å²) in [6.07, 6.45) is -2.55. The first kappa shape index (κ1) is 30.5. The molecule has 1 aromatic carbocycles. The van der Waals surface area contributed by atoms with Crippen LogP contribution in [0.25, 0.3) is 0 Å². The lowest BCUT2D eigenvalue weighted by molar-refractivity contribution is -0.143. The van der Waals surface area contributed by atoms with Gasteiger partial charge in [-0.3, -0.25) is 28.8 Å². The van der Waals surface area contributed by atoms with Crippen LogP contribution in [0.5, 0.6) is 0 Å². The number of hydrogen-bond acceptors (Lipinski definition) is 8. The van der Waals surface area contributed by atoms with Gasteiger partial charge in [0, 0.05) is 12.8 Å². The van der Waals surface area contributed by atoms with Crippen LogP contribution in [-0.2, 0) is 40.0 Å². The Bertz CT molecular complexity index is 1020. The molecule has 0 saturated heterocycles. The Labute approximate surface area is 210 Å². The van der Waals surface area contributed by atoms with Gasteiger partial charge in [-0.2, -0.15) is 0 Å². The summed E-state index contributed by atoms with van der Waals surface area (Å²) in [6, 6.07) is 2.01. The summed E-state index contributed by atoms with van der Waals surface area (Å²) < 4.78 is 0. The summed E-state index contributed by atoms with van der Waals surface area (Å²) in [5.74, 6) is -8.35. The van der Waals surface area contributed by atoms with Gasteiger partial charge in [0.1, 0.15) is 18.1 Å². The molecule has 202 valence electrons. The highest BCUT2D eigenvalue weighted by Gasteiger charge is 2.32. The number of amides is 4. The molecule has 15 nitrogen and oxygen atoms in total. The van der Waals surface area contributed by atoms with Crippen molar-refractivity contribution in [3.8, 4) is 0 Å². The Morgan fingerprint density at radius 1 is 0.730 bits per heavy atom. The topological polar surface area (TPSA) is 268 Å². The van der Waals surface area contributed by atoms with Crippen LogP contribution in [0.1, 0.15) is 31.2 Å². The molecule has 0 aliphatic heterocycles. The van der Waals surface area contributed by atoms with Crippen LogP contribution >= 0.6 is 0 Å². The minimum Gasteiger partial charge on any atom is -0.481 e. The number of aliphatic carboxylic acids is 3. The molecule has 0 aliphatic carbocycles. The first-order valence-electron chi connectivity index (χ1n) is 11.0. The lowest BCUT2D eigenvalue weighted by atomic mass is 10.0. The molecule has 0 unspecified atom stereocenters. The molecular weight excluding hydrogens is 494 g/mol. The standard InChI is InChI=1S/C22H29N5O10/c23-12(9-17(29)30)19(33)26-14(8-11-4-2-1-3-5-11)20(34)27-15(10-18(31)32)21(35)25-13(22(36)37)6-7-16(24)28/h1-5,12-15H,6-10,23H2,(H2,24,28)(H,25,35)(H,26,33)(H,27,34)(H,29,30)(H,31,32)(H,36,37)/t12-,13-,14-,15-/m0/s1. The maximum atomic E-state index is 13.0. The van der Waals surface area contributed by atoms with E-state index in [-0.39, 0.29) is 19.3 Å². The number of carboxylic acids is 3. The van der Waals surface area contributed by atoms with E-state index in [1.54, 1.807) is 30.3 Å². The number of primary amides is 1. The normalized spacial score (nSPS) is 13.8. The Kier molecular flexibility index (Phi) is 12.2. The largest absolute Gasteiger partial charge is 0.481 e. The lowest BCUT2D eigenvalue weighted by Crippen LogP contribution is -2.58. The fourth-order valence-electron chi connectivity index (χ4n) is 3.09. The van der Waals surface area contributed by atoms with Crippen molar-refractivity contribution in [1.82, 2.24) is 16.0 Å². The van der Waals surface area contributed by atoms with Crippen molar-refractivity contribution in [2.24, 2.45) is 11.5 Å². The molecule has 37 heavy (non-hydrogen) atoms. The molecule has 0 bridgehead atoms. The Morgan fingerprint density at radius 2 is 1.24 bits per heavy atom.